The number of ether oxygens (including phenoxy) is 3. The van der Waals surface area contributed by atoms with Gasteiger partial charge >= 0.3 is 6.09 Å². The van der Waals surface area contributed by atoms with Crippen molar-refractivity contribution in [1.29, 1.82) is 0 Å². The average molecular weight is 773 g/mol. The molecule has 6 rings (SSSR count). The number of carbonyl (C=O) groups excluding carboxylic acids is 3. The number of carbonyl (C=O) groups is 3. The van der Waals surface area contributed by atoms with Gasteiger partial charge in [-0.05, 0) is 62.4 Å². The van der Waals surface area contributed by atoms with E-state index in [0.29, 0.717) is 29.1 Å². The third kappa shape index (κ3) is 8.67. The van der Waals surface area contributed by atoms with E-state index in [4.69, 9.17) is 19.2 Å². The fourth-order valence-electron chi connectivity index (χ4n) is 7.83. The molecular formula is C42H53N4O8P. The van der Waals surface area contributed by atoms with Crippen LogP contribution in [0.2, 0.25) is 0 Å². The van der Waals surface area contributed by atoms with Gasteiger partial charge in [0.15, 0.2) is 5.78 Å². The van der Waals surface area contributed by atoms with Crippen molar-refractivity contribution in [2.45, 2.75) is 95.8 Å². The van der Waals surface area contributed by atoms with Crippen LogP contribution in [-0.4, -0.2) is 82.3 Å². The van der Waals surface area contributed by atoms with Crippen LogP contribution < -0.4 is 20.1 Å². The summed E-state index contributed by atoms with van der Waals surface area (Å²) < 4.78 is 31.3. The van der Waals surface area contributed by atoms with Crippen LogP contribution in [0, 0.1) is 11.3 Å². The van der Waals surface area contributed by atoms with E-state index in [2.05, 4.69) is 17.2 Å². The molecule has 6 atom stereocenters. The van der Waals surface area contributed by atoms with Crippen LogP contribution in [0.5, 0.6) is 11.5 Å². The molecule has 3 N–H and O–H groups in total. The Kier molecular flexibility index (Phi) is 11.9. The van der Waals surface area contributed by atoms with Crippen molar-refractivity contribution in [3.63, 3.8) is 0 Å². The number of amides is 2. The number of hydrogen-bond acceptors (Lipinski definition) is 9. The maximum Gasteiger partial charge on any atom is 0.408 e. The van der Waals surface area contributed by atoms with Crippen molar-refractivity contribution in [2.75, 3.05) is 20.2 Å². The number of hydrogen-bond donors (Lipinski definition) is 3. The Balaban J connectivity index is 1.31. The van der Waals surface area contributed by atoms with Gasteiger partial charge in [0.25, 0.3) is 0 Å². The summed E-state index contributed by atoms with van der Waals surface area (Å²) in [5.41, 5.74) is 1.47. The highest BCUT2D eigenvalue weighted by Crippen LogP contribution is 2.70. The highest BCUT2D eigenvalue weighted by molar-refractivity contribution is 7.63. The first-order valence-corrected chi connectivity index (χ1v) is 20.8. The van der Waals surface area contributed by atoms with Gasteiger partial charge in [-0.1, -0.05) is 63.3 Å². The molecular weight excluding hydrogens is 719 g/mol. The van der Waals surface area contributed by atoms with Gasteiger partial charge in [0.05, 0.1) is 37.5 Å². The zero-order valence-corrected chi connectivity index (χ0v) is 33.2. The number of pyridine rings is 1. The summed E-state index contributed by atoms with van der Waals surface area (Å²) >= 11 is 0. The quantitative estimate of drug-likeness (QED) is 0.113. The molecule has 2 aromatic carbocycles. The number of nitrogens with zero attached hydrogens (tertiary/aromatic N) is 2. The molecule has 12 nitrogen and oxygen atoms in total. The smallest absolute Gasteiger partial charge is 0.408 e. The average Bonchev–Trinajstić information content (AvgIpc) is 3.41. The van der Waals surface area contributed by atoms with E-state index >= 15 is 0 Å². The second kappa shape index (κ2) is 16.3. The minimum atomic E-state index is -3.86. The maximum atomic E-state index is 14.7. The summed E-state index contributed by atoms with van der Waals surface area (Å²) in [6.07, 6.45) is 5.69. The van der Waals surface area contributed by atoms with E-state index < -0.39 is 48.3 Å². The van der Waals surface area contributed by atoms with Gasteiger partial charge in [-0.15, -0.1) is 6.58 Å². The number of methoxy groups -OCH3 is 1. The lowest BCUT2D eigenvalue weighted by atomic mass is 9.85. The summed E-state index contributed by atoms with van der Waals surface area (Å²) in [5, 5.41) is 5.46. The Bertz CT molecular complexity index is 1990. The molecule has 1 aliphatic heterocycles. The maximum absolute atomic E-state index is 14.7. The number of fused-ring (bicyclic) bond motifs is 1. The first-order chi connectivity index (χ1) is 26.2. The highest BCUT2D eigenvalue weighted by Gasteiger charge is 2.63. The molecule has 55 heavy (non-hydrogen) atoms. The molecule has 3 aliphatic rings. The number of aromatic nitrogens is 1. The number of ketones is 1. The van der Waals surface area contributed by atoms with Gasteiger partial charge in [0.2, 0.25) is 13.3 Å². The standard InChI is InChI=1S/C42H53N4O8P/c1-7-20-55(50,51)42(24-28(42)8-2)43-25-36(47)35-22-31(26-46(35)39(48)38(41(3,4)5)45-40(49)54-29-16-12-13-17-29)53-37-23-33(27-14-10-9-11-15-27)44-34-21-30(52-6)18-19-32(34)37/h7-11,14-15,18-21,23,28-29,31,35,38,43H,2,12-13,16-17,22,24-26H2,1,3-6H3,(H,45,49)(H,50,51)/b20-7+/t28-,31?,35+,38-,42+/m1/s1. The Morgan fingerprint density at radius 3 is 2.47 bits per heavy atom. The largest absolute Gasteiger partial charge is 0.497 e. The molecule has 3 aromatic rings. The number of rotatable bonds is 14. The lowest BCUT2D eigenvalue weighted by Gasteiger charge is -2.35. The molecule has 2 aliphatic carbocycles. The molecule has 0 bridgehead atoms. The van der Waals surface area contributed by atoms with E-state index in [1.54, 1.807) is 20.1 Å². The lowest BCUT2D eigenvalue weighted by molar-refractivity contribution is -0.141. The van der Waals surface area contributed by atoms with Gasteiger partial charge in [0, 0.05) is 35.4 Å². The van der Waals surface area contributed by atoms with Crippen molar-refractivity contribution >= 4 is 36.1 Å². The fourth-order valence-corrected chi connectivity index (χ4v) is 9.84. The Morgan fingerprint density at radius 1 is 1.11 bits per heavy atom. The van der Waals surface area contributed by atoms with Crippen LogP contribution in [0.1, 0.15) is 66.2 Å². The Hall–Kier alpha value is -4.51. The SMILES string of the molecule is C=C[C@@H]1C[C@]1(NCC(=O)[C@@H]1CC(Oc2cc(-c3ccccc3)nc3cc(OC)ccc23)CN1C(=O)[C@@H](NC(=O)OC1CCCC1)C(C)(C)C)P(=O)(O)/C=C/C. The number of allylic oxidation sites excluding steroid dienone is 1. The van der Waals surface area contributed by atoms with Gasteiger partial charge in [-0.2, -0.15) is 0 Å². The van der Waals surface area contributed by atoms with Gasteiger partial charge in [-0.3, -0.25) is 19.5 Å². The van der Waals surface area contributed by atoms with E-state index in [1.807, 2.05) is 75.4 Å². The first-order valence-electron chi connectivity index (χ1n) is 19.0. The van der Waals surface area contributed by atoms with Crippen LogP contribution in [-0.2, 0) is 18.9 Å². The lowest BCUT2D eigenvalue weighted by Crippen LogP contribution is -2.57. The molecule has 294 valence electrons. The Morgan fingerprint density at radius 2 is 1.84 bits per heavy atom. The molecule has 13 heteroatoms. The topological polar surface area (TPSA) is 156 Å². The third-order valence-electron chi connectivity index (χ3n) is 11.0. The molecule has 2 saturated carbocycles. The molecule has 1 saturated heterocycles. The predicted molar refractivity (Wildman–Crippen MR) is 212 cm³/mol. The van der Waals surface area contributed by atoms with Crippen LogP contribution in [0.15, 0.2) is 79.1 Å². The van der Waals surface area contributed by atoms with Crippen molar-refractivity contribution in [3.8, 4) is 22.8 Å². The molecule has 0 spiro atoms. The number of benzene rings is 2. The van der Waals surface area contributed by atoms with Crippen LogP contribution in [0.3, 0.4) is 0 Å². The first kappa shape index (κ1) is 40.2. The molecule has 2 amide bonds. The fraction of sp³-hybridized carbons (Fsp3) is 0.476. The van der Waals surface area contributed by atoms with E-state index in [-0.39, 0.29) is 37.3 Å². The van der Waals surface area contributed by atoms with Crippen LogP contribution in [0.4, 0.5) is 4.79 Å². The second-order valence-corrected chi connectivity index (χ2v) is 18.2. The minimum absolute atomic E-state index is 0.0549. The summed E-state index contributed by atoms with van der Waals surface area (Å²) in [7, 11) is -2.27. The molecule has 2 unspecified atom stereocenters. The predicted octanol–water partition coefficient (Wildman–Crippen LogP) is 7.21. The number of nitrogens with one attached hydrogen (secondary N) is 2. The van der Waals surface area contributed by atoms with Gasteiger partial charge in [-0.25, -0.2) is 9.78 Å². The van der Waals surface area contributed by atoms with Crippen molar-refractivity contribution in [2.24, 2.45) is 11.3 Å². The zero-order chi connectivity index (χ0) is 39.5. The van der Waals surface area contributed by atoms with Crippen LogP contribution >= 0.6 is 7.37 Å². The second-order valence-electron chi connectivity index (χ2n) is 15.9. The minimum Gasteiger partial charge on any atom is -0.497 e. The monoisotopic (exact) mass is 772 g/mol. The molecule has 0 radical (unpaired) electrons. The zero-order valence-electron chi connectivity index (χ0n) is 32.3. The summed E-state index contributed by atoms with van der Waals surface area (Å²) in [6.45, 7) is 10.8. The summed E-state index contributed by atoms with van der Waals surface area (Å²) in [6, 6.07) is 15.1. The van der Waals surface area contributed by atoms with E-state index in [1.165, 1.54) is 16.8 Å². The highest BCUT2D eigenvalue weighted by atomic mass is 31.2. The van der Waals surface area contributed by atoms with Gasteiger partial charge < -0.3 is 29.3 Å². The summed E-state index contributed by atoms with van der Waals surface area (Å²) in [4.78, 5) is 59.5. The number of likely N-dealkylation sites (tertiary alicyclic amines) is 1. The molecule has 1 aromatic heterocycles. The van der Waals surface area contributed by atoms with Crippen LogP contribution in [0.25, 0.3) is 22.2 Å². The Labute approximate surface area is 323 Å². The summed E-state index contributed by atoms with van der Waals surface area (Å²) in [5.74, 6) is 1.35. The number of alkyl carbamates (subject to hydrolysis) is 1. The van der Waals surface area contributed by atoms with Crippen molar-refractivity contribution < 1.29 is 38.1 Å². The van der Waals surface area contributed by atoms with Crippen molar-refractivity contribution in [1.82, 2.24) is 20.5 Å². The molecule has 3 fully saturated rings. The van der Waals surface area contributed by atoms with Gasteiger partial charge in [0.1, 0.15) is 35.0 Å². The van der Waals surface area contributed by atoms with E-state index in [9.17, 15) is 23.8 Å². The third-order valence-corrected chi connectivity index (χ3v) is 13.5. The molecule has 2 heterocycles. The van der Waals surface area contributed by atoms with Crippen molar-refractivity contribution in [3.05, 3.63) is 79.1 Å². The van der Waals surface area contributed by atoms with E-state index in [0.717, 1.165) is 36.6 Å². The number of Topliss-reactive ketones (excluding diaryl/α,β-unsaturated/α-hetero) is 1. The normalized spacial score (nSPS) is 24.3.